The van der Waals surface area contributed by atoms with Crippen LogP contribution in [0.15, 0.2) is 36.0 Å². The Labute approximate surface area is 88.8 Å². The maximum absolute atomic E-state index is 3.72. The van der Waals surface area contributed by atoms with E-state index in [9.17, 15) is 0 Å². The molecule has 0 spiro atoms. The molecule has 0 radical (unpaired) electrons. The molecule has 0 rings (SSSR count). The lowest BCUT2D eigenvalue weighted by Gasteiger charge is -2.18. The third-order valence-corrected chi connectivity index (χ3v) is 2.27. The zero-order chi connectivity index (χ0) is 11.0. The second kappa shape index (κ2) is 7.57. The Morgan fingerprint density at radius 3 is 2.50 bits per heavy atom. The summed E-state index contributed by atoms with van der Waals surface area (Å²) in [6.45, 7) is 12.3. The van der Waals surface area contributed by atoms with E-state index in [2.05, 4.69) is 51.4 Å². The summed E-state index contributed by atoms with van der Waals surface area (Å²) in [5.74, 6) is 0. The van der Waals surface area contributed by atoms with E-state index >= 15 is 0 Å². The summed E-state index contributed by atoms with van der Waals surface area (Å²) in [6, 6.07) is 0. The van der Waals surface area contributed by atoms with Crippen LogP contribution in [0.2, 0.25) is 0 Å². The molecule has 0 saturated carbocycles. The normalized spacial score (nSPS) is 13.5. The van der Waals surface area contributed by atoms with Crippen LogP contribution in [0.5, 0.6) is 0 Å². The Hall–Kier alpha value is -0.820. The first kappa shape index (κ1) is 13.2. The smallest absolute Gasteiger partial charge is 0.0230 e. The fourth-order valence-corrected chi connectivity index (χ4v) is 1.48. The van der Waals surface area contributed by atoms with Crippen LogP contribution in [-0.4, -0.2) is 25.0 Å². The molecule has 0 N–H and O–H groups in total. The number of rotatable bonds is 6. The Morgan fingerprint density at radius 1 is 1.43 bits per heavy atom. The Bertz CT molecular complexity index is 223. The van der Waals surface area contributed by atoms with Crippen molar-refractivity contribution in [3.63, 3.8) is 0 Å². The highest BCUT2D eigenvalue weighted by Gasteiger charge is 2.02. The summed E-state index contributed by atoms with van der Waals surface area (Å²) < 4.78 is 0. The molecule has 0 aliphatic carbocycles. The molecule has 1 heteroatoms. The average molecular weight is 193 g/mol. The molecule has 0 fully saturated rings. The average Bonchev–Trinajstić information content (AvgIpc) is 2.15. The fraction of sp³-hybridized carbons (Fsp3) is 0.538. The van der Waals surface area contributed by atoms with Crippen LogP contribution in [0.1, 0.15) is 27.2 Å². The van der Waals surface area contributed by atoms with Gasteiger partial charge >= 0.3 is 0 Å². The molecule has 0 unspecified atom stereocenters. The lowest BCUT2D eigenvalue weighted by atomic mass is 10.1. The molecule has 80 valence electrons. The van der Waals surface area contributed by atoms with Gasteiger partial charge in [-0.3, -0.25) is 0 Å². The van der Waals surface area contributed by atoms with Crippen LogP contribution < -0.4 is 0 Å². The zero-order valence-electron chi connectivity index (χ0n) is 10.0. The fourth-order valence-electron chi connectivity index (χ4n) is 1.48. The van der Waals surface area contributed by atoms with Gasteiger partial charge < -0.3 is 4.90 Å². The Morgan fingerprint density at radius 2 is 2.07 bits per heavy atom. The van der Waals surface area contributed by atoms with Crippen LogP contribution in [0.3, 0.4) is 0 Å². The van der Waals surface area contributed by atoms with Crippen LogP contribution in [0, 0.1) is 0 Å². The van der Waals surface area contributed by atoms with Crippen molar-refractivity contribution in [2.75, 3.05) is 20.1 Å². The van der Waals surface area contributed by atoms with Gasteiger partial charge in [0.1, 0.15) is 0 Å². The van der Waals surface area contributed by atoms with Crippen molar-refractivity contribution in [2.45, 2.75) is 27.2 Å². The summed E-state index contributed by atoms with van der Waals surface area (Å²) >= 11 is 0. The maximum Gasteiger partial charge on any atom is 0.0230 e. The number of nitrogens with zero attached hydrogens (tertiary/aromatic N) is 1. The number of hydrogen-bond acceptors (Lipinski definition) is 1. The van der Waals surface area contributed by atoms with Gasteiger partial charge in [-0.1, -0.05) is 31.7 Å². The van der Waals surface area contributed by atoms with Crippen LogP contribution >= 0.6 is 0 Å². The van der Waals surface area contributed by atoms with Crippen molar-refractivity contribution < 1.29 is 0 Å². The van der Waals surface area contributed by atoms with E-state index in [1.165, 1.54) is 17.6 Å². The monoisotopic (exact) mass is 193 g/mol. The van der Waals surface area contributed by atoms with E-state index in [1.807, 2.05) is 6.08 Å². The molecule has 0 aromatic rings. The third-order valence-electron chi connectivity index (χ3n) is 2.27. The predicted molar refractivity (Wildman–Crippen MR) is 65.5 cm³/mol. The number of hydrogen-bond donors (Lipinski definition) is 0. The van der Waals surface area contributed by atoms with Crippen LogP contribution in [-0.2, 0) is 0 Å². The van der Waals surface area contributed by atoms with Crippen molar-refractivity contribution in [3.05, 3.63) is 36.0 Å². The van der Waals surface area contributed by atoms with Gasteiger partial charge in [-0.25, -0.2) is 0 Å². The standard InChI is InChI=1S/C13H23N/c1-6-9-12(4)13(8-3)11-14(5)10-7-2/h6,8-9H,1,7,10-11H2,2-5H3/b12-9-,13-8-. The molecule has 0 aromatic carbocycles. The molecule has 0 aromatic heterocycles. The molecular weight excluding hydrogens is 170 g/mol. The summed E-state index contributed by atoms with van der Waals surface area (Å²) in [5.41, 5.74) is 2.70. The summed E-state index contributed by atoms with van der Waals surface area (Å²) in [6.07, 6.45) is 7.30. The van der Waals surface area contributed by atoms with Gasteiger partial charge in [-0.2, -0.15) is 0 Å². The first-order valence-electron chi connectivity index (χ1n) is 5.29. The van der Waals surface area contributed by atoms with E-state index in [-0.39, 0.29) is 0 Å². The summed E-state index contributed by atoms with van der Waals surface area (Å²) in [5, 5.41) is 0. The third kappa shape index (κ3) is 5.03. The van der Waals surface area contributed by atoms with Gasteiger partial charge in [0.2, 0.25) is 0 Å². The predicted octanol–water partition coefficient (Wildman–Crippen LogP) is 3.41. The Balaban J connectivity index is 4.31. The van der Waals surface area contributed by atoms with Gasteiger partial charge in [0.25, 0.3) is 0 Å². The second-order valence-corrected chi connectivity index (χ2v) is 3.64. The highest BCUT2D eigenvalue weighted by Crippen LogP contribution is 2.10. The molecule has 0 atom stereocenters. The highest BCUT2D eigenvalue weighted by atomic mass is 15.1. The lowest BCUT2D eigenvalue weighted by molar-refractivity contribution is 0.364. The second-order valence-electron chi connectivity index (χ2n) is 3.64. The summed E-state index contributed by atoms with van der Waals surface area (Å²) in [4.78, 5) is 2.34. The minimum Gasteiger partial charge on any atom is -0.302 e. The van der Waals surface area contributed by atoms with E-state index in [0.29, 0.717) is 0 Å². The van der Waals surface area contributed by atoms with Crippen molar-refractivity contribution in [1.82, 2.24) is 4.90 Å². The van der Waals surface area contributed by atoms with Crippen molar-refractivity contribution >= 4 is 0 Å². The van der Waals surface area contributed by atoms with Crippen molar-refractivity contribution in [1.29, 1.82) is 0 Å². The molecule has 0 aliphatic rings. The van der Waals surface area contributed by atoms with Crippen molar-refractivity contribution in [3.8, 4) is 0 Å². The molecule has 1 nitrogen and oxygen atoms in total. The van der Waals surface area contributed by atoms with Gasteiger partial charge in [0.05, 0.1) is 0 Å². The highest BCUT2D eigenvalue weighted by molar-refractivity contribution is 5.32. The molecule has 0 amide bonds. The molecule has 0 aliphatic heterocycles. The first-order valence-corrected chi connectivity index (χ1v) is 5.29. The largest absolute Gasteiger partial charge is 0.302 e. The van der Waals surface area contributed by atoms with Gasteiger partial charge in [0, 0.05) is 6.54 Å². The first-order chi connectivity index (χ1) is 6.65. The van der Waals surface area contributed by atoms with Gasteiger partial charge in [-0.15, -0.1) is 0 Å². The molecular formula is C13H23N. The van der Waals surface area contributed by atoms with Gasteiger partial charge in [-0.05, 0) is 45.0 Å². The molecule has 0 bridgehead atoms. The van der Waals surface area contributed by atoms with Gasteiger partial charge in [0.15, 0.2) is 0 Å². The topological polar surface area (TPSA) is 3.24 Å². The number of allylic oxidation sites excluding steroid dienone is 3. The van der Waals surface area contributed by atoms with Crippen LogP contribution in [0.4, 0.5) is 0 Å². The molecule has 14 heavy (non-hydrogen) atoms. The minimum atomic E-state index is 1.03. The minimum absolute atomic E-state index is 1.03. The van der Waals surface area contributed by atoms with Crippen molar-refractivity contribution in [2.24, 2.45) is 0 Å². The van der Waals surface area contributed by atoms with E-state index < -0.39 is 0 Å². The lowest BCUT2D eigenvalue weighted by Crippen LogP contribution is -2.22. The van der Waals surface area contributed by atoms with E-state index in [0.717, 1.165) is 13.1 Å². The van der Waals surface area contributed by atoms with E-state index in [4.69, 9.17) is 0 Å². The Kier molecular flexibility index (Phi) is 7.13. The molecule has 0 heterocycles. The summed E-state index contributed by atoms with van der Waals surface area (Å²) in [7, 11) is 2.16. The quantitative estimate of drug-likeness (QED) is 0.584. The maximum atomic E-state index is 3.72. The molecule has 0 saturated heterocycles. The van der Waals surface area contributed by atoms with E-state index in [1.54, 1.807) is 0 Å². The number of likely N-dealkylation sites (N-methyl/N-ethyl adjacent to an activating group) is 1. The van der Waals surface area contributed by atoms with Crippen LogP contribution in [0.25, 0.3) is 0 Å². The SMILES string of the molecule is C=C/C=C(C)\C(=C/C)CN(C)CCC. The zero-order valence-corrected chi connectivity index (χ0v) is 10.0.